The van der Waals surface area contributed by atoms with E-state index >= 15 is 0 Å². The van der Waals surface area contributed by atoms with Gasteiger partial charge in [0.1, 0.15) is 0 Å². The number of rotatable bonds is 7. The van der Waals surface area contributed by atoms with Crippen molar-refractivity contribution in [1.29, 1.82) is 0 Å². The SMILES string of the molecule is CC(C)(CN)CCCCS(=O)c1cc(Cl)ccc1Cl. The van der Waals surface area contributed by atoms with Crippen LogP contribution >= 0.6 is 23.2 Å². The molecule has 0 fully saturated rings. The van der Waals surface area contributed by atoms with Gasteiger partial charge in [-0.1, -0.05) is 43.5 Å². The lowest BCUT2D eigenvalue weighted by Crippen LogP contribution is -2.23. The fourth-order valence-corrected chi connectivity index (χ4v) is 3.54. The average molecular weight is 322 g/mol. The fourth-order valence-electron chi connectivity index (χ4n) is 1.70. The van der Waals surface area contributed by atoms with Crippen LogP contribution in [0, 0.1) is 5.41 Å². The van der Waals surface area contributed by atoms with Crippen LogP contribution in [0.4, 0.5) is 0 Å². The second kappa shape index (κ2) is 7.63. The topological polar surface area (TPSA) is 43.1 Å². The van der Waals surface area contributed by atoms with Gasteiger partial charge in [-0.3, -0.25) is 4.21 Å². The highest BCUT2D eigenvalue weighted by Crippen LogP contribution is 2.25. The van der Waals surface area contributed by atoms with E-state index in [1.54, 1.807) is 18.2 Å². The summed E-state index contributed by atoms with van der Waals surface area (Å²) >= 11 is 11.9. The molecule has 1 aromatic carbocycles. The van der Waals surface area contributed by atoms with Crippen LogP contribution in [0.25, 0.3) is 0 Å². The first-order chi connectivity index (χ1) is 8.85. The Labute approximate surface area is 128 Å². The van der Waals surface area contributed by atoms with Crippen molar-refractivity contribution in [1.82, 2.24) is 0 Å². The lowest BCUT2D eigenvalue weighted by Gasteiger charge is -2.21. The van der Waals surface area contributed by atoms with Crippen LogP contribution in [0.3, 0.4) is 0 Å². The molecular weight excluding hydrogens is 301 g/mol. The summed E-state index contributed by atoms with van der Waals surface area (Å²) in [7, 11) is -1.08. The van der Waals surface area contributed by atoms with Crippen LogP contribution in [0.2, 0.25) is 10.0 Å². The van der Waals surface area contributed by atoms with Crippen molar-refractivity contribution in [2.75, 3.05) is 12.3 Å². The Balaban J connectivity index is 2.46. The van der Waals surface area contributed by atoms with Gasteiger partial charge in [-0.25, -0.2) is 0 Å². The molecular formula is C14H21Cl2NOS. The van der Waals surface area contributed by atoms with E-state index in [1.807, 2.05) is 0 Å². The van der Waals surface area contributed by atoms with Gasteiger partial charge in [-0.15, -0.1) is 0 Å². The summed E-state index contributed by atoms with van der Waals surface area (Å²) in [6.45, 7) is 4.98. The summed E-state index contributed by atoms with van der Waals surface area (Å²) in [6, 6.07) is 5.08. The molecule has 0 saturated heterocycles. The highest BCUT2D eigenvalue weighted by molar-refractivity contribution is 7.85. The number of halogens is 2. The van der Waals surface area contributed by atoms with Crippen LogP contribution in [0.5, 0.6) is 0 Å². The largest absolute Gasteiger partial charge is 0.330 e. The number of benzene rings is 1. The molecule has 1 rings (SSSR count). The second-order valence-corrected chi connectivity index (χ2v) is 7.83. The molecule has 0 aliphatic carbocycles. The van der Waals surface area contributed by atoms with E-state index < -0.39 is 10.8 Å². The number of hydrogen-bond acceptors (Lipinski definition) is 2. The van der Waals surface area contributed by atoms with E-state index in [9.17, 15) is 4.21 Å². The summed E-state index contributed by atoms with van der Waals surface area (Å²) in [5.74, 6) is 0.612. The third-order valence-electron chi connectivity index (χ3n) is 3.12. The summed E-state index contributed by atoms with van der Waals surface area (Å²) in [5, 5.41) is 1.09. The summed E-state index contributed by atoms with van der Waals surface area (Å²) < 4.78 is 12.2. The predicted molar refractivity (Wildman–Crippen MR) is 84.4 cm³/mol. The summed E-state index contributed by atoms with van der Waals surface area (Å²) in [4.78, 5) is 0.632. The molecule has 0 saturated carbocycles. The zero-order valence-corrected chi connectivity index (χ0v) is 13.7. The molecule has 0 aliphatic rings. The molecule has 0 bridgehead atoms. The van der Waals surface area contributed by atoms with Gasteiger partial charge < -0.3 is 5.73 Å². The van der Waals surface area contributed by atoms with E-state index in [0.29, 0.717) is 27.2 Å². The highest BCUT2D eigenvalue weighted by atomic mass is 35.5. The van der Waals surface area contributed by atoms with E-state index in [-0.39, 0.29) is 5.41 Å². The molecule has 5 heteroatoms. The highest BCUT2D eigenvalue weighted by Gasteiger charge is 2.15. The van der Waals surface area contributed by atoms with Crippen molar-refractivity contribution in [3.63, 3.8) is 0 Å². The van der Waals surface area contributed by atoms with Crippen molar-refractivity contribution < 1.29 is 4.21 Å². The van der Waals surface area contributed by atoms with Gasteiger partial charge in [0.05, 0.1) is 20.7 Å². The molecule has 0 amide bonds. The average Bonchev–Trinajstić information content (AvgIpc) is 2.37. The van der Waals surface area contributed by atoms with Gasteiger partial charge in [-0.05, 0) is 43.0 Å². The second-order valence-electron chi connectivity index (χ2n) is 5.45. The van der Waals surface area contributed by atoms with Gasteiger partial charge in [0.15, 0.2) is 0 Å². The minimum atomic E-state index is -1.08. The van der Waals surface area contributed by atoms with Crippen LogP contribution in [0.15, 0.2) is 23.1 Å². The van der Waals surface area contributed by atoms with Crippen molar-refractivity contribution >= 4 is 34.0 Å². The van der Waals surface area contributed by atoms with Crippen molar-refractivity contribution in [3.05, 3.63) is 28.2 Å². The molecule has 19 heavy (non-hydrogen) atoms. The Morgan fingerprint density at radius 3 is 2.58 bits per heavy atom. The molecule has 1 atom stereocenters. The van der Waals surface area contributed by atoms with E-state index in [1.165, 1.54) is 0 Å². The van der Waals surface area contributed by atoms with Gasteiger partial charge >= 0.3 is 0 Å². The minimum Gasteiger partial charge on any atom is -0.330 e. The molecule has 0 aliphatic heterocycles. The molecule has 0 radical (unpaired) electrons. The van der Waals surface area contributed by atoms with Crippen molar-refractivity contribution in [2.24, 2.45) is 11.1 Å². The molecule has 2 N–H and O–H groups in total. The van der Waals surface area contributed by atoms with Crippen molar-refractivity contribution in [2.45, 2.75) is 38.0 Å². The van der Waals surface area contributed by atoms with E-state index in [0.717, 1.165) is 19.3 Å². The van der Waals surface area contributed by atoms with Gasteiger partial charge in [0, 0.05) is 10.8 Å². The Morgan fingerprint density at radius 1 is 1.26 bits per heavy atom. The lowest BCUT2D eigenvalue weighted by atomic mass is 9.88. The predicted octanol–water partition coefficient (Wildman–Crippen LogP) is 4.26. The Hall–Kier alpha value is -0.0900. The van der Waals surface area contributed by atoms with Gasteiger partial charge in [-0.2, -0.15) is 0 Å². The molecule has 0 aromatic heterocycles. The molecule has 0 heterocycles. The van der Waals surface area contributed by atoms with Crippen LogP contribution in [0.1, 0.15) is 33.1 Å². The number of unbranched alkanes of at least 4 members (excludes halogenated alkanes) is 1. The van der Waals surface area contributed by atoms with E-state index in [2.05, 4.69) is 13.8 Å². The quantitative estimate of drug-likeness (QED) is 0.762. The van der Waals surface area contributed by atoms with E-state index in [4.69, 9.17) is 28.9 Å². The Bertz CT molecular complexity index is 449. The lowest BCUT2D eigenvalue weighted by molar-refractivity contribution is 0.336. The monoisotopic (exact) mass is 321 g/mol. The summed E-state index contributed by atoms with van der Waals surface area (Å²) in [6.07, 6.45) is 2.97. The van der Waals surface area contributed by atoms with Gasteiger partial charge in [0.25, 0.3) is 0 Å². The minimum absolute atomic E-state index is 0.162. The summed E-state index contributed by atoms with van der Waals surface area (Å²) in [5.41, 5.74) is 5.85. The molecule has 1 aromatic rings. The van der Waals surface area contributed by atoms with Crippen LogP contribution < -0.4 is 5.73 Å². The number of nitrogens with two attached hydrogens (primary N) is 1. The standard InChI is InChI=1S/C14H21Cl2NOS/c1-14(2,10-17)7-3-4-8-19(18)13-9-11(15)5-6-12(13)16/h5-6,9H,3-4,7-8,10,17H2,1-2H3. The van der Waals surface area contributed by atoms with Crippen molar-refractivity contribution in [3.8, 4) is 0 Å². The van der Waals surface area contributed by atoms with Crippen LogP contribution in [-0.4, -0.2) is 16.5 Å². The third-order valence-corrected chi connectivity index (χ3v) is 5.29. The molecule has 0 spiro atoms. The Morgan fingerprint density at radius 2 is 1.95 bits per heavy atom. The maximum absolute atomic E-state index is 12.2. The first kappa shape index (κ1) is 17.0. The molecule has 108 valence electrons. The first-order valence-corrected chi connectivity index (χ1v) is 8.47. The number of hydrogen-bond donors (Lipinski definition) is 1. The maximum Gasteiger partial charge on any atom is 0.0589 e. The fraction of sp³-hybridized carbons (Fsp3) is 0.571. The maximum atomic E-state index is 12.2. The molecule has 2 nitrogen and oxygen atoms in total. The Kier molecular flexibility index (Phi) is 6.81. The zero-order valence-electron chi connectivity index (χ0n) is 11.4. The first-order valence-electron chi connectivity index (χ1n) is 6.39. The smallest absolute Gasteiger partial charge is 0.0589 e. The molecule has 1 unspecified atom stereocenters. The van der Waals surface area contributed by atoms with Gasteiger partial charge in [0.2, 0.25) is 0 Å². The normalized spacial score (nSPS) is 13.5. The zero-order chi connectivity index (χ0) is 14.5. The van der Waals surface area contributed by atoms with Crippen LogP contribution in [-0.2, 0) is 10.8 Å². The third kappa shape index (κ3) is 5.82.